The third-order valence-corrected chi connectivity index (χ3v) is 4.86. The van der Waals surface area contributed by atoms with E-state index in [2.05, 4.69) is 0 Å². The summed E-state index contributed by atoms with van der Waals surface area (Å²) in [5.74, 6) is 0. The summed E-state index contributed by atoms with van der Waals surface area (Å²) in [6.45, 7) is 0.392. The Morgan fingerprint density at radius 1 is 1.14 bits per heavy atom. The highest BCUT2D eigenvalue weighted by Crippen LogP contribution is 2.29. The molecule has 0 atom stereocenters. The van der Waals surface area contributed by atoms with Crippen molar-refractivity contribution in [3.05, 3.63) is 53.1 Å². The van der Waals surface area contributed by atoms with Gasteiger partial charge in [0.05, 0.1) is 18.6 Å². The highest BCUT2D eigenvalue weighted by atomic mass is 35.5. The van der Waals surface area contributed by atoms with Crippen LogP contribution >= 0.6 is 11.6 Å². The quantitative estimate of drug-likeness (QED) is 0.837. The van der Waals surface area contributed by atoms with Gasteiger partial charge in [-0.3, -0.25) is 4.31 Å². The number of benzene rings is 2. The van der Waals surface area contributed by atoms with E-state index in [0.29, 0.717) is 17.3 Å². The minimum absolute atomic E-state index is 0.392. The molecule has 118 valence electrons. The summed E-state index contributed by atoms with van der Waals surface area (Å²) in [4.78, 5) is 0. The molecule has 0 heterocycles. The number of rotatable bonds is 5. The summed E-state index contributed by atoms with van der Waals surface area (Å²) >= 11 is 5.92. The second-order valence-electron chi connectivity index (χ2n) is 5.01. The molecule has 0 aliphatic heterocycles. The lowest BCUT2D eigenvalue weighted by Gasteiger charge is -2.19. The standard InChI is InChI=1S/C16H18ClNO3S/c1-18(22(3,19)20)15-8-9-16(13(10-15)11-21-2)12-4-6-14(17)7-5-12/h4-10H,11H2,1-3H3. The normalized spacial score (nSPS) is 11.5. The van der Waals surface area contributed by atoms with E-state index in [0.717, 1.165) is 16.7 Å². The number of sulfonamides is 1. The van der Waals surface area contributed by atoms with E-state index in [1.807, 2.05) is 36.4 Å². The van der Waals surface area contributed by atoms with E-state index < -0.39 is 10.0 Å². The zero-order valence-electron chi connectivity index (χ0n) is 12.7. The number of hydrogen-bond acceptors (Lipinski definition) is 3. The number of methoxy groups -OCH3 is 1. The van der Waals surface area contributed by atoms with Gasteiger partial charge in [0.2, 0.25) is 10.0 Å². The SMILES string of the molecule is COCc1cc(N(C)S(C)(=O)=O)ccc1-c1ccc(Cl)cc1. The molecule has 0 bridgehead atoms. The Hall–Kier alpha value is -1.56. The molecule has 2 rings (SSSR count). The lowest BCUT2D eigenvalue weighted by molar-refractivity contribution is 0.185. The predicted octanol–water partition coefficient (Wildman–Crippen LogP) is 3.55. The Morgan fingerprint density at radius 2 is 1.77 bits per heavy atom. The van der Waals surface area contributed by atoms with Crippen molar-refractivity contribution in [3.63, 3.8) is 0 Å². The maximum atomic E-state index is 11.7. The summed E-state index contributed by atoms with van der Waals surface area (Å²) in [7, 11) is -0.155. The minimum atomic E-state index is -3.30. The molecular weight excluding hydrogens is 322 g/mol. The van der Waals surface area contributed by atoms with Gasteiger partial charge in [-0.05, 0) is 41.0 Å². The molecule has 0 unspecified atom stereocenters. The van der Waals surface area contributed by atoms with Crippen molar-refractivity contribution in [2.45, 2.75) is 6.61 Å². The Balaban J connectivity index is 2.50. The number of anilines is 1. The fourth-order valence-electron chi connectivity index (χ4n) is 2.15. The van der Waals surface area contributed by atoms with Gasteiger partial charge in [-0.1, -0.05) is 29.8 Å². The van der Waals surface area contributed by atoms with Crippen molar-refractivity contribution in [2.75, 3.05) is 24.7 Å². The lowest BCUT2D eigenvalue weighted by atomic mass is 9.99. The average molecular weight is 340 g/mol. The Bertz CT molecular complexity index is 757. The van der Waals surface area contributed by atoms with Crippen LogP contribution in [0.3, 0.4) is 0 Å². The molecule has 0 saturated carbocycles. The average Bonchev–Trinajstić information content (AvgIpc) is 2.47. The van der Waals surface area contributed by atoms with Gasteiger partial charge in [-0.2, -0.15) is 0 Å². The van der Waals surface area contributed by atoms with Crippen molar-refractivity contribution in [3.8, 4) is 11.1 Å². The van der Waals surface area contributed by atoms with Gasteiger partial charge in [0.25, 0.3) is 0 Å². The van der Waals surface area contributed by atoms with Gasteiger partial charge >= 0.3 is 0 Å². The fraction of sp³-hybridized carbons (Fsp3) is 0.250. The van der Waals surface area contributed by atoms with Crippen LogP contribution in [-0.2, 0) is 21.4 Å². The minimum Gasteiger partial charge on any atom is -0.380 e. The van der Waals surface area contributed by atoms with E-state index in [9.17, 15) is 8.42 Å². The van der Waals surface area contributed by atoms with Crippen LogP contribution in [0.1, 0.15) is 5.56 Å². The molecule has 0 N–H and O–H groups in total. The van der Waals surface area contributed by atoms with E-state index in [1.165, 1.54) is 17.6 Å². The molecule has 0 spiro atoms. The molecule has 4 nitrogen and oxygen atoms in total. The van der Waals surface area contributed by atoms with Crippen molar-refractivity contribution in [1.29, 1.82) is 0 Å². The lowest BCUT2D eigenvalue weighted by Crippen LogP contribution is -2.24. The molecule has 0 radical (unpaired) electrons. The molecule has 0 aliphatic rings. The highest BCUT2D eigenvalue weighted by Gasteiger charge is 2.14. The van der Waals surface area contributed by atoms with Gasteiger partial charge in [-0.25, -0.2) is 8.42 Å². The first-order valence-corrected chi connectivity index (χ1v) is 8.87. The van der Waals surface area contributed by atoms with Crippen LogP contribution in [0.5, 0.6) is 0 Å². The summed E-state index contributed by atoms with van der Waals surface area (Å²) in [5.41, 5.74) is 3.51. The largest absolute Gasteiger partial charge is 0.380 e. The number of hydrogen-bond donors (Lipinski definition) is 0. The molecule has 0 fully saturated rings. The van der Waals surface area contributed by atoms with Gasteiger partial charge in [-0.15, -0.1) is 0 Å². The Morgan fingerprint density at radius 3 is 2.32 bits per heavy atom. The number of nitrogens with zero attached hydrogens (tertiary/aromatic N) is 1. The zero-order chi connectivity index (χ0) is 16.3. The summed E-state index contributed by atoms with van der Waals surface area (Å²) in [6.07, 6.45) is 1.18. The summed E-state index contributed by atoms with van der Waals surface area (Å²) in [5, 5.41) is 0.672. The van der Waals surface area contributed by atoms with Crippen molar-refractivity contribution < 1.29 is 13.2 Å². The predicted molar refractivity (Wildman–Crippen MR) is 90.8 cm³/mol. The Labute approximate surface area is 136 Å². The topological polar surface area (TPSA) is 46.6 Å². The van der Waals surface area contributed by atoms with Crippen LogP contribution in [0.2, 0.25) is 5.02 Å². The van der Waals surface area contributed by atoms with E-state index in [-0.39, 0.29) is 0 Å². The number of ether oxygens (including phenoxy) is 1. The summed E-state index contributed by atoms with van der Waals surface area (Å²) in [6, 6.07) is 13.0. The third-order valence-electron chi connectivity index (χ3n) is 3.40. The maximum absolute atomic E-state index is 11.7. The number of halogens is 1. The Kier molecular flexibility index (Phi) is 5.11. The van der Waals surface area contributed by atoms with Crippen molar-refractivity contribution in [2.24, 2.45) is 0 Å². The van der Waals surface area contributed by atoms with Crippen LogP contribution in [0, 0.1) is 0 Å². The smallest absolute Gasteiger partial charge is 0.231 e. The van der Waals surface area contributed by atoms with Gasteiger partial charge < -0.3 is 4.74 Å². The first-order valence-electron chi connectivity index (χ1n) is 6.64. The molecule has 2 aromatic carbocycles. The summed E-state index contributed by atoms with van der Waals surface area (Å²) < 4.78 is 29.8. The molecule has 0 amide bonds. The van der Waals surface area contributed by atoms with E-state index >= 15 is 0 Å². The van der Waals surface area contributed by atoms with Crippen LogP contribution in [0.25, 0.3) is 11.1 Å². The van der Waals surface area contributed by atoms with Crippen LogP contribution in [0.4, 0.5) is 5.69 Å². The van der Waals surface area contributed by atoms with Crippen LogP contribution in [0.15, 0.2) is 42.5 Å². The second kappa shape index (κ2) is 6.69. The van der Waals surface area contributed by atoms with Crippen molar-refractivity contribution >= 4 is 27.3 Å². The van der Waals surface area contributed by atoms with Gasteiger partial charge in [0.1, 0.15) is 0 Å². The second-order valence-corrected chi connectivity index (χ2v) is 7.46. The molecule has 0 aromatic heterocycles. The fourth-order valence-corrected chi connectivity index (χ4v) is 2.78. The maximum Gasteiger partial charge on any atom is 0.231 e. The molecule has 0 aliphatic carbocycles. The monoisotopic (exact) mass is 339 g/mol. The van der Waals surface area contributed by atoms with E-state index in [1.54, 1.807) is 13.2 Å². The highest BCUT2D eigenvalue weighted by molar-refractivity contribution is 7.92. The molecule has 2 aromatic rings. The molecular formula is C16H18ClNO3S. The van der Waals surface area contributed by atoms with E-state index in [4.69, 9.17) is 16.3 Å². The third kappa shape index (κ3) is 3.80. The zero-order valence-corrected chi connectivity index (χ0v) is 14.3. The van der Waals surface area contributed by atoms with Crippen LogP contribution in [-0.4, -0.2) is 28.8 Å². The molecule has 6 heteroatoms. The van der Waals surface area contributed by atoms with Crippen LogP contribution < -0.4 is 4.31 Å². The van der Waals surface area contributed by atoms with Gasteiger partial charge in [0.15, 0.2) is 0 Å². The van der Waals surface area contributed by atoms with Crippen molar-refractivity contribution in [1.82, 2.24) is 0 Å². The molecule has 0 saturated heterocycles. The first kappa shape index (κ1) is 16.8. The van der Waals surface area contributed by atoms with Gasteiger partial charge in [0, 0.05) is 19.2 Å². The first-order chi connectivity index (χ1) is 10.3. The molecule has 22 heavy (non-hydrogen) atoms.